The molecule has 2 heterocycles. The molecular formula is C19H22ClN3O6. The van der Waals surface area contributed by atoms with Crippen molar-refractivity contribution < 1.29 is 28.7 Å². The first-order valence-corrected chi connectivity index (χ1v) is 8.92. The third-order valence-electron chi connectivity index (χ3n) is 4.64. The van der Waals surface area contributed by atoms with E-state index in [2.05, 4.69) is 0 Å². The van der Waals surface area contributed by atoms with Crippen molar-refractivity contribution >= 4 is 42.0 Å². The Balaban J connectivity index is 0.00000300. The van der Waals surface area contributed by atoms with Gasteiger partial charge < -0.3 is 4.74 Å². The maximum atomic E-state index is 12.8. The minimum atomic E-state index is -1.04. The number of esters is 1. The van der Waals surface area contributed by atoms with Gasteiger partial charge >= 0.3 is 5.97 Å². The van der Waals surface area contributed by atoms with Crippen LogP contribution in [-0.2, 0) is 19.1 Å². The summed E-state index contributed by atoms with van der Waals surface area (Å²) in [7, 11) is 3.43. The van der Waals surface area contributed by atoms with Crippen LogP contribution in [0.1, 0.15) is 33.6 Å². The van der Waals surface area contributed by atoms with Crippen molar-refractivity contribution in [1.82, 2.24) is 14.7 Å². The number of nitrogens with zero attached hydrogens (tertiary/aromatic N) is 3. The number of likely N-dealkylation sites (tertiary alicyclic amines) is 1. The molecule has 1 aromatic rings. The van der Waals surface area contributed by atoms with Gasteiger partial charge in [-0.2, -0.15) is 0 Å². The van der Waals surface area contributed by atoms with Crippen molar-refractivity contribution in [2.45, 2.75) is 18.9 Å². The minimum Gasteiger partial charge on any atom is -0.463 e. The molecule has 3 rings (SSSR count). The Morgan fingerprint density at radius 3 is 2.24 bits per heavy atom. The molecule has 1 unspecified atom stereocenters. The molecule has 0 aromatic heterocycles. The largest absolute Gasteiger partial charge is 0.463 e. The SMILES string of the molecule is CN(C)CC(=O)OCCN1C(=O)CCC(N2C(=O)c3ccccc3C2=O)C1=O.Cl. The molecule has 29 heavy (non-hydrogen) atoms. The summed E-state index contributed by atoms with van der Waals surface area (Å²) < 4.78 is 5.03. The number of piperidine rings is 1. The fourth-order valence-corrected chi connectivity index (χ4v) is 3.34. The predicted molar refractivity (Wildman–Crippen MR) is 103 cm³/mol. The lowest BCUT2D eigenvalue weighted by molar-refractivity contribution is -0.155. The minimum absolute atomic E-state index is 0. The first-order chi connectivity index (χ1) is 13.3. The summed E-state index contributed by atoms with van der Waals surface area (Å²) in [5, 5.41) is 0. The molecule has 4 amide bonds. The monoisotopic (exact) mass is 423 g/mol. The quantitative estimate of drug-likeness (QED) is 0.479. The second-order valence-electron chi connectivity index (χ2n) is 6.92. The zero-order valence-corrected chi connectivity index (χ0v) is 16.9. The number of hydrogen-bond donors (Lipinski definition) is 0. The molecule has 10 heteroatoms. The molecule has 1 atom stereocenters. The number of ether oxygens (including phenoxy) is 1. The van der Waals surface area contributed by atoms with Crippen molar-refractivity contribution in [3.05, 3.63) is 35.4 Å². The van der Waals surface area contributed by atoms with E-state index in [0.717, 1.165) is 9.80 Å². The Kier molecular flexibility index (Phi) is 7.10. The molecule has 2 aliphatic heterocycles. The van der Waals surface area contributed by atoms with E-state index < -0.39 is 35.6 Å². The second-order valence-corrected chi connectivity index (χ2v) is 6.92. The number of carbonyl (C=O) groups excluding carboxylic acids is 5. The maximum Gasteiger partial charge on any atom is 0.320 e. The molecule has 0 saturated carbocycles. The normalized spacial score (nSPS) is 18.8. The molecule has 0 radical (unpaired) electrons. The van der Waals surface area contributed by atoms with Crippen LogP contribution in [0.25, 0.3) is 0 Å². The molecule has 1 aromatic carbocycles. The molecule has 1 fully saturated rings. The van der Waals surface area contributed by atoms with Crippen LogP contribution in [0.5, 0.6) is 0 Å². The Morgan fingerprint density at radius 1 is 1.10 bits per heavy atom. The molecule has 0 bridgehead atoms. The zero-order valence-electron chi connectivity index (χ0n) is 16.1. The highest BCUT2D eigenvalue weighted by atomic mass is 35.5. The van der Waals surface area contributed by atoms with E-state index in [-0.39, 0.29) is 56.1 Å². The molecule has 0 N–H and O–H groups in total. The molecule has 1 saturated heterocycles. The number of fused-ring (bicyclic) bond motifs is 1. The van der Waals surface area contributed by atoms with E-state index in [1.165, 1.54) is 12.1 Å². The number of halogens is 1. The van der Waals surface area contributed by atoms with Gasteiger partial charge in [0.1, 0.15) is 12.6 Å². The molecule has 0 spiro atoms. The Labute approximate surface area is 174 Å². The second kappa shape index (κ2) is 9.15. The van der Waals surface area contributed by atoms with Crippen LogP contribution in [0.3, 0.4) is 0 Å². The summed E-state index contributed by atoms with van der Waals surface area (Å²) in [4.78, 5) is 65.4. The van der Waals surface area contributed by atoms with Crippen molar-refractivity contribution in [3.8, 4) is 0 Å². The number of amides is 4. The van der Waals surface area contributed by atoms with E-state index in [0.29, 0.717) is 0 Å². The van der Waals surface area contributed by atoms with E-state index in [9.17, 15) is 24.0 Å². The third kappa shape index (κ3) is 4.46. The highest BCUT2D eigenvalue weighted by Gasteiger charge is 2.46. The molecule has 0 aliphatic carbocycles. The van der Waals surface area contributed by atoms with Gasteiger partial charge in [0.2, 0.25) is 5.91 Å². The lowest BCUT2D eigenvalue weighted by atomic mass is 10.0. The highest BCUT2D eigenvalue weighted by Crippen LogP contribution is 2.28. The number of hydrogen-bond acceptors (Lipinski definition) is 7. The van der Waals surface area contributed by atoms with Gasteiger partial charge in [-0.05, 0) is 32.6 Å². The predicted octanol–water partition coefficient (Wildman–Crippen LogP) is 0.327. The molecule has 2 aliphatic rings. The lowest BCUT2D eigenvalue weighted by Crippen LogP contribution is -2.56. The number of imide groups is 2. The van der Waals surface area contributed by atoms with Gasteiger partial charge in [-0.25, -0.2) is 0 Å². The fourth-order valence-electron chi connectivity index (χ4n) is 3.34. The first-order valence-electron chi connectivity index (χ1n) is 8.92. The van der Waals surface area contributed by atoms with E-state index in [1.54, 1.807) is 31.1 Å². The van der Waals surface area contributed by atoms with Crippen molar-refractivity contribution in [1.29, 1.82) is 0 Å². The standard InChI is InChI=1S/C19H21N3O6.ClH/c1-20(2)11-16(24)28-10-9-21-15(23)8-7-14(19(21)27)22-17(25)12-5-3-4-6-13(12)18(22)26;/h3-6,14H,7-11H2,1-2H3;1H. The van der Waals surface area contributed by atoms with Gasteiger partial charge in [-0.1, -0.05) is 12.1 Å². The van der Waals surface area contributed by atoms with Crippen molar-refractivity contribution in [2.24, 2.45) is 0 Å². The van der Waals surface area contributed by atoms with Crippen molar-refractivity contribution in [2.75, 3.05) is 33.8 Å². The maximum absolute atomic E-state index is 12.8. The number of rotatable bonds is 6. The number of benzene rings is 1. The van der Waals surface area contributed by atoms with Gasteiger partial charge in [0, 0.05) is 6.42 Å². The van der Waals surface area contributed by atoms with Gasteiger partial charge in [-0.3, -0.25) is 38.7 Å². The summed E-state index contributed by atoms with van der Waals surface area (Å²) in [6, 6.07) is 5.33. The van der Waals surface area contributed by atoms with Crippen LogP contribution in [0, 0.1) is 0 Å². The third-order valence-corrected chi connectivity index (χ3v) is 4.64. The molecule has 156 valence electrons. The van der Waals surface area contributed by atoms with Crippen LogP contribution in [0.4, 0.5) is 0 Å². The average Bonchev–Trinajstić information content (AvgIpc) is 2.89. The van der Waals surface area contributed by atoms with Crippen LogP contribution in [0.15, 0.2) is 24.3 Å². The fraction of sp³-hybridized carbons (Fsp3) is 0.421. The van der Waals surface area contributed by atoms with E-state index in [4.69, 9.17) is 4.74 Å². The van der Waals surface area contributed by atoms with E-state index in [1.807, 2.05) is 0 Å². The average molecular weight is 424 g/mol. The van der Waals surface area contributed by atoms with Gasteiger partial charge in [0.25, 0.3) is 17.7 Å². The summed E-state index contributed by atoms with van der Waals surface area (Å²) in [6.45, 7) is -0.172. The Hall–Kier alpha value is -2.78. The summed E-state index contributed by atoms with van der Waals surface area (Å²) in [5.41, 5.74) is 0.503. The van der Waals surface area contributed by atoms with Gasteiger partial charge in [0.05, 0.1) is 24.2 Å². The van der Waals surface area contributed by atoms with Crippen LogP contribution >= 0.6 is 12.4 Å². The van der Waals surface area contributed by atoms with Crippen LogP contribution < -0.4 is 0 Å². The summed E-state index contributed by atoms with van der Waals surface area (Å²) in [6.07, 6.45) is 0.107. The lowest BCUT2D eigenvalue weighted by Gasteiger charge is -2.34. The Morgan fingerprint density at radius 2 is 1.69 bits per heavy atom. The zero-order chi connectivity index (χ0) is 20.4. The van der Waals surface area contributed by atoms with Crippen LogP contribution in [-0.4, -0.2) is 84.1 Å². The van der Waals surface area contributed by atoms with Gasteiger partial charge in [-0.15, -0.1) is 12.4 Å². The number of likely N-dealkylation sites (N-methyl/N-ethyl adjacent to an activating group) is 1. The topological polar surface area (TPSA) is 104 Å². The van der Waals surface area contributed by atoms with Crippen molar-refractivity contribution in [3.63, 3.8) is 0 Å². The summed E-state index contributed by atoms with van der Waals surface area (Å²) >= 11 is 0. The van der Waals surface area contributed by atoms with Gasteiger partial charge in [0.15, 0.2) is 0 Å². The first kappa shape index (κ1) is 22.5. The Bertz CT molecular complexity index is 821. The molecular weight excluding hydrogens is 402 g/mol. The summed E-state index contributed by atoms with van der Waals surface area (Å²) in [5.74, 6) is -2.59. The highest BCUT2D eigenvalue weighted by molar-refractivity contribution is 6.23. The number of carbonyl (C=O) groups is 5. The van der Waals surface area contributed by atoms with E-state index >= 15 is 0 Å². The van der Waals surface area contributed by atoms with Crippen LogP contribution in [0.2, 0.25) is 0 Å². The molecule has 9 nitrogen and oxygen atoms in total. The smallest absolute Gasteiger partial charge is 0.320 e.